The van der Waals surface area contributed by atoms with Crippen molar-refractivity contribution in [2.45, 2.75) is 18.3 Å². The molecule has 2 aromatic rings. The van der Waals surface area contributed by atoms with Gasteiger partial charge in [0.25, 0.3) is 5.69 Å². The number of hydrogen-bond acceptors (Lipinski definition) is 6. The van der Waals surface area contributed by atoms with E-state index < -0.39 is 4.92 Å². The summed E-state index contributed by atoms with van der Waals surface area (Å²) in [4.78, 5) is 10.4. The van der Waals surface area contributed by atoms with Gasteiger partial charge in [-0.2, -0.15) is 0 Å². The average Bonchev–Trinajstić information content (AvgIpc) is 3.15. The van der Waals surface area contributed by atoms with Gasteiger partial charge in [-0.15, -0.1) is 0 Å². The van der Waals surface area contributed by atoms with E-state index in [2.05, 4.69) is 17.4 Å². The zero-order chi connectivity index (χ0) is 18.0. The van der Waals surface area contributed by atoms with Crippen molar-refractivity contribution in [2.24, 2.45) is 0 Å². The highest BCUT2D eigenvalue weighted by Gasteiger charge is 2.35. The van der Waals surface area contributed by atoms with Crippen LogP contribution in [0.3, 0.4) is 0 Å². The Morgan fingerprint density at radius 1 is 1.04 bits per heavy atom. The van der Waals surface area contributed by atoms with Crippen molar-refractivity contribution < 1.29 is 19.1 Å². The van der Waals surface area contributed by atoms with E-state index in [1.165, 1.54) is 17.7 Å². The maximum absolute atomic E-state index is 10.8. The smallest absolute Gasteiger partial charge is 0.269 e. The summed E-state index contributed by atoms with van der Waals surface area (Å²) < 4.78 is 16.5. The number of nitrogens with one attached hydrogen (secondary N) is 1. The van der Waals surface area contributed by atoms with Crippen LogP contribution in [0.2, 0.25) is 0 Å². The summed E-state index contributed by atoms with van der Waals surface area (Å²) >= 11 is 0. The van der Waals surface area contributed by atoms with E-state index in [9.17, 15) is 10.1 Å². The fourth-order valence-electron chi connectivity index (χ4n) is 3.53. The van der Waals surface area contributed by atoms with Gasteiger partial charge in [0.1, 0.15) is 0 Å². The van der Waals surface area contributed by atoms with Crippen LogP contribution >= 0.6 is 0 Å². The highest BCUT2D eigenvalue weighted by molar-refractivity contribution is 5.51. The van der Waals surface area contributed by atoms with Gasteiger partial charge >= 0.3 is 0 Å². The topological polar surface area (TPSA) is 82.9 Å². The highest BCUT2D eigenvalue weighted by Crippen LogP contribution is 2.41. The number of non-ortho nitro benzene ring substituents is 1. The molecule has 2 aliphatic rings. The van der Waals surface area contributed by atoms with Crippen molar-refractivity contribution in [3.05, 3.63) is 58.1 Å². The van der Waals surface area contributed by atoms with Crippen LogP contribution in [-0.4, -0.2) is 31.5 Å². The van der Waals surface area contributed by atoms with Gasteiger partial charge in [0, 0.05) is 43.0 Å². The molecule has 2 aliphatic heterocycles. The van der Waals surface area contributed by atoms with E-state index in [0.29, 0.717) is 19.8 Å². The van der Waals surface area contributed by atoms with Crippen LogP contribution in [0.25, 0.3) is 0 Å². The second kappa shape index (κ2) is 6.84. The third-order valence-electron chi connectivity index (χ3n) is 5.14. The normalized spacial score (nSPS) is 17.7. The molecule has 0 saturated carbocycles. The Kier molecular flexibility index (Phi) is 4.38. The van der Waals surface area contributed by atoms with Crippen molar-refractivity contribution >= 4 is 11.4 Å². The minimum Gasteiger partial charge on any atom is -0.454 e. The van der Waals surface area contributed by atoms with Crippen LogP contribution in [0.4, 0.5) is 11.4 Å². The molecule has 0 spiro atoms. The van der Waals surface area contributed by atoms with Crippen molar-refractivity contribution in [1.29, 1.82) is 0 Å². The number of nitro benzene ring substituents is 1. The molecule has 0 bridgehead atoms. The molecule has 7 heteroatoms. The molecule has 26 heavy (non-hydrogen) atoms. The van der Waals surface area contributed by atoms with Crippen molar-refractivity contribution in [3.8, 4) is 11.5 Å². The lowest BCUT2D eigenvalue weighted by Crippen LogP contribution is -2.40. The van der Waals surface area contributed by atoms with Crippen LogP contribution in [0.5, 0.6) is 11.5 Å². The first-order chi connectivity index (χ1) is 12.7. The molecule has 1 saturated heterocycles. The largest absolute Gasteiger partial charge is 0.454 e. The molecule has 2 heterocycles. The molecule has 0 aromatic heterocycles. The Bertz CT molecular complexity index is 800. The van der Waals surface area contributed by atoms with E-state index in [0.717, 1.165) is 30.0 Å². The first-order valence-electron chi connectivity index (χ1n) is 8.63. The van der Waals surface area contributed by atoms with Gasteiger partial charge in [-0.1, -0.05) is 6.07 Å². The average molecular weight is 356 g/mol. The molecule has 0 aliphatic carbocycles. The number of nitrogens with zero attached hydrogens (tertiary/aromatic N) is 1. The Hall–Kier alpha value is -2.80. The summed E-state index contributed by atoms with van der Waals surface area (Å²) in [5.74, 6) is 1.56. The Morgan fingerprint density at radius 2 is 1.77 bits per heavy atom. The second-order valence-corrected chi connectivity index (χ2v) is 6.62. The zero-order valence-electron chi connectivity index (χ0n) is 14.3. The standard InChI is InChI=1S/C19H20N2O5/c22-21(23)16-4-2-15(3-5-16)20-12-19(7-9-24-10-8-19)14-1-6-17-18(11-14)26-13-25-17/h1-6,11,20H,7-10,12-13H2. The Balaban J connectivity index is 1.55. The lowest BCUT2D eigenvalue weighted by molar-refractivity contribution is -0.384. The van der Waals surface area contributed by atoms with Crippen LogP contribution in [0.15, 0.2) is 42.5 Å². The van der Waals surface area contributed by atoms with Gasteiger partial charge in [0.2, 0.25) is 6.79 Å². The van der Waals surface area contributed by atoms with E-state index in [-0.39, 0.29) is 17.9 Å². The molecule has 0 atom stereocenters. The lowest BCUT2D eigenvalue weighted by atomic mass is 9.74. The molecule has 136 valence electrons. The van der Waals surface area contributed by atoms with Gasteiger partial charge in [-0.05, 0) is 42.7 Å². The van der Waals surface area contributed by atoms with Crippen LogP contribution in [-0.2, 0) is 10.2 Å². The van der Waals surface area contributed by atoms with Crippen molar-refractivity contribution in [2.75, 3.05) is 31.9 Å². The summed E-state index contributed by atoms with van der Waals surface area (Å²) in [6, 6.07) is 12.6. The first kappa shape index (κ1) is 16.7. The predicted molar refractivity (Wildman–Crippen MR) is 95.9 cm³/mol. The summed E-state index contributed by atoms with van der Waals surface area (Å²) in [7, 11) is 0. The number of benzene rings is 2. The molecule has 0 unspecified atom stereocenters. The molecule has 0 radical (unpaired) electrons. The minimum absolute atomic E-state index is 0.0823. The van der Waals surface area contributed by atoms with E-state index in [4.69, 9.17) is 14.2 Å². The monoisotopic (exact) mass is 356 g/mol. The van der Waals surface area contributed by atoms with Crippen LogP contribution in [0.1, 0.15) is 18.4 Å². The molecule has 1 N–H and O–H groups in total. The van der Waals surface area contributed by atoms with Gasteiger partial charge in [-0.3, -0.25) is 10.1 Å². The Labute approximate surface area is 151 Å². The molecule has 7 nitrogen and oxygen atoms in total. The molecular formula is C19H20N2O5. The summed E-state index contributed by atoms with van der Waals surface area (Å²) in [5.41, 5.74) is 2.06. The number of ether oxygens (including phenoxy) is 3. The van der Waals surface area contributed by atoms with Crippen LogP contribution in [0, 0.1) is 10.1 Å². The number of anilines is 1. The highest BCUT2D eigenvalue weighted by atomic mass is 16.7. The maximum Gasteiger partial charge on any atom is 0.269 e. The van der Waals surface area contributed by atoms with E-state index >= 15 is 0 Å². The minimum atomic E-state index is -0.392. The second-order valence-electron chi connectivity index (χ2n) is 6.62. The summed E-state index contributed by atoms with van der Waals surface area (Å²) in [6.45, 7) is 2.39. The van der Waals surface area contributed by atoms with Gasteiger partial charge in [0.15, 0.2) is 11.5 Å². The number of nitro groups is 1. The quantitative estimate of drug-likeness (QED) is 0.652. The molecular weight excluding hydrogens is 336 g/mol. The maximum atomic E-state index is 10.8. The number of rotatable bonds is 5. The van der Waals surface area contributed by atoms with Gasteiger partial charge < -0.3 is 19.5 Å². The molecule has 2 aromatic carbocycles. The van der Waals surface area contributed by atoms with E-state index in [1.54, 1.807) is 12.1 Å². The molecule has 1 fully saturated rings. The fraction of sp³-hybridized carbons (Fsp3) is 0.368. The van der Waals surface area contributed by atoms with Gasteiger partial charge in [-0.25, -0.2) is 0 Å². The Morgan fingerprint density at radius 3 is 2.50 bits per heavy atom. The number of fused-ring (bicyclic) bond motifs is 1. The number of hydrogen-bond donors (Lipinski definition) is 1. The first-order valence-corrected chi connectivity index (χ1v) is 8.63. The van der Waals surface area contributed by atoms with Gasteiger partial charge in [0.05, 0.1) is 4.92 Å². The van der Waals surface area contributed by atoms with Crippen molar-refractivity contribution in [3.63, 3.8) is 0 Å². The molecule has 0 amide bonds. The lowest BCUT2D eigenvalue weighted by Gasteiger charge is -2.38. The third-order valence-corrected chi connectivity index (χ3v) is 5.14. The van der Waals surface area contributed by atoms with Crippen molar-refractivity contribution in [1.82, 2.24) is 0 Å². The summed E-state index contributed by atoms with van der Waals surface area (Å²) in [6.07, 6.45) is 1.79. The summed E-state index contributed by atoms with van der Waals surface area (Å²) in [5, 5.41) is 14.2. The van der Waals surface area contributed by atoms with Crippen LogP contribution < -0.4 is 14.8 Å². The third kappa shape index (κ3) is 3.17. The predicted octanol–water partition coefficient (Wildman–Crippen LogP) is 3.48. The molecule has 4 rings (SSSR count). The zero-order valence-corrected chi connectivity index (χ0v) is 14.3. The van der Waals surface area contributed by atoms with E-state index in [1.807, 2.05) is 6.07 Å². The SMILES string of the molecule is O=[N+]([O-])c1ccc(NCC2(c3ccc4c(c3)OCO4)CCOCC2)cc1. The fourth-order valence-corrected chi connectivity index (χ4v) is 3.53.